The molecular formula is C14H19N5O. The van der Waals surface area contributed by atoms with Crippen molar-refractivity contribution in [3.63, 3.8) is 0 Å². The first-order valence-electron chi connectivity index (χ1n) is 6.85. The number of ether oxygens (including phenoxy) is 1. The molecule has 3 heterocycles. The predicted molar refractivity (Wildman–Crippen MR) is 75.8 cm³/mol. The molecule has 0 aromatic carbocycles. The molecule has 2 aromatic rings. The summed E-state index contributed by atoms with van der Waals surface area (Å²) < 4.78 is 7.64. The zero-order valence-electron chi connectivity index (χ0n) is 11.8. The lowest BCUT2D eigenvalue weighted by Gasteiger charge is -2.32. The summed E-state index contributed by atoms with van der Waals surface area (Å²) in [7, 11) is 1.88. The van der Waals surface area contributed by atoms with E-state index in [9.17, 15) is 0 Å². The molecule has 0 saturated carbocycles. The number of nitrogens with zero attached hydrogens (tertiary/aromatic N) is 4. The summed E-state index contributed by atoms with van der Waals surface area (Å²) in [5, 5.41) is 4.17. The number of anilines is 1. The van der Waals surface area contributed by atoms with E-state index in [2.05, 4.69) is 15.1 Å². The van der Waals surface area contributed by atoms with Crippen molar-refractivity contribution in [2.75, 3.05) is 12.3 Å². The number of hydrogen-bond donors (Lipinski definition) is 1. The predicted octanol–water partition coefficient (Wildman–Crippen LogP) is 1.87. The van der Waals surface area contributed by atoms with Gasteiger partial charge in [0.2, 0.25) is 0 Å². The van der Waals surface area contributed by atoms with E-state index in [0.29, 0.717) is 11.6 Å². The normalized spacial score (nSPS) is 22.9. The Morgan fingerprint density at radius 2 is 2.20 bits per heavy atom. The molecule has 106 valence electrons. The van der Waals surface area contributed by atoms with E-state index in [1.54, 1.807) is 16.9 Å². The largest absolute Gasteiger partial charge is 0.384 e. The second kappa shape index (κ2) is 4.86. The minimum atomic E-state index is -0.440. The van der Waals surface area contributed by atoms with Gasteiger partial charge >= 0.3 is 0 Å². The van der Waals surface area contributed by atoms with Crippen molar-refractivity contribution in [1.29, 1.82) is 0 Å². The van der Waals surface area contributed by atoms with Crippen LogP contribution in [-0.2, 0) is 17.4 Å². The van der Waals surface area contributed by atoms with Crippen molar-refractivity contribution in [2.45, 2.75) is 31.8 Å². The molecule has 1 fully saturated rings. The van der Waals surface area contributed by atoms with Crippen molar-refractivity contribution in [1.82, 2.24) is 19.7 Å². The minimum Gasteiger partial charge on any atom is -0.384 e. The second-order valence-corrected chi connectivity index (χ2v) is 5.44. The molecule has 0 radical (unpaired) electrons. The maximum absolute atomic E-state index is 5.94. The Bertz CT molecular complexity index is 616. The lowest BCUT2D eigenvalue weighted by Crippen LogP contribution is -2.32. The van der Waals surface area contributed by atoms with Crippen LogP contribution in [0.5, 0.6) is 0 Å². The average Bonchev–Trinajstić information content (AvgIpc) is 2.86. The number of aromatic nitrogens is 4. The maximum atomic E-state index is 5.94. The zero-order valence-corrected chi connectivity index (χ0v) is 11.8. The van der Waals surface area contributed by atoms with Gasteiger partial charge in [-0.3, -0.25) is 4.68 Å². The number of rotatable bonds is 2. The van der Waals surface area contributed by atoms with Gasteiger partial charge in [-0.25, -0.2) is 9.97 Å². The van der Waals surface area contributed by atoms with Gasteiger partial charge < -0.3 is 10.5 Å². The number of hydrogen-bond acceptors (Lipinski definition) is 5. The Kier molecular flexibility index (Phi) is 3.17. The summed E-state index contributed by atoms with van der Waals surface area (Å²) >= 11 is 0. The summed E-state index contributed by atoms with van der Waals surface area (Å²) in [5.41, 5.74) is 7.22. The van der Waals surface area contributed by atoms with E-state index >= 15 is 0 Å². The zero-order chi connectivity index (χ0) is 14.2. The fraction of sp³-hybridized carbons (Fsp3) is 0.500. The first kappa shape index (κ1) is 13.1. The molecule has 0 amide bonds. The first-order valence-corrected chi connectivity index (χ1v) is 6.85. The molecule has 3 rings (SSSR count). The molecular weight excluding hydrogens is 254 g/mol. The highest BCUT2D eigenvalue weighted by molar-refractivity contribution is 5.60. The lowest BCUT2D eigenvalue weighted by atomic mass is 9.95. The third kappa shape index (κ3) is 2.38. The summed E-state index contributed by atoms with van der Waals surface area (Å²) in [5.74, 6) is 1.13. The summed E-state index contributed by atoms with van der Waals surface area (Å²) in [4.78, 5) is 9.02. The van der Waals surface area contributed by atoms with Crippen LogP contribution in [0.2, 0.25) is 0 Å². The van der Waals surface area contributed by atoms with E-state index in [1.165, 1.54) is 0 Å². The van der Waals surface area contributed by atoms with E-state index in [4.69, 9.17) is 10.5 Å². The van der Waals surface area contributed by atoms with Crippen molar-refractivity contribution < 1.29 is 4.74 Å². The van der Waals surface area contributed by atoms with Gasteiger partial charge in [0.1, 0.15) is 11.4 Å². The van der Waals surface area contributed by atoms with Gasteiger partial charge in [0, 0.05) is 31.5 Å². The highest BCUT2D eigenvalue weighted by Gasteiger charge is 2.33. The van der Waals surface area contributed by atoms with Gasteiger partial charge in [0.25, 0.3) is 0 Å². The van der Waals surface area contributed by atoms with Crippen molar-refractivity contribution in [3.05, 3.63) is 24.3 Å². The number of nitrogen functional groups attached to an aromatic ring is 1. The molecule has 2 N–H and O–H groups in total. The van der Waals surface area contributed by atoms with Crippen LogP contribution in [0, 0.1) is 0 Å². The third-order valence-electron chi connectivity index (χ3n) is 3.69. The van der Waals surface area contributed by atoms with Crippen LogP contribution in [0.1, 0.15) is 32.0 Å². The minimum absolute atomic E-state index is 0.440. The van der Waals surface area contributed by atoms with E-state index in [-0.39, 0.29) is 0 Å². The number of nitrogens with two attached hydrogens (primary N) is 1. The molecule has 1 aliphatic rings. The lowest BCUT2D eigenvalue weighted by molar-refractivity contribution is -0.0758. The van der Waals surface area contributed by atoms with Crippen LogP contribution in [-0.4, -0.2) is 26.4 Å². The molecule has 1 aliphatic heterocycles. The SMILES string of the molecule is Cn1cc(-c2cc(N)nc(C3(C)CCCCO3)n2)cn1. The molecule has 1 saturated heterocycles. The van der Waals surface area contributed by atoms with Gasteiger partial charge in [-0.2, -0.15) is 5.10 Å². The monoisotopic (exact) mass is 273 g/mol. The topological polar surface area (TPSA) is 78.9 Å². The standard InChI is InChI=1S/C14H19N5O/c1-14(5-3-4-6-20-14)13-17-11(7-12(15)18-13)10-8-16-19(2)9-10/h7-9H,3-6H2,1-2H3,(H2,15,17,18). The van der Waals surface area contributed by atoms with Crippen molar-refractivity contribution >= 4 is 5.82 Å². The highest BCUT2D eigenvalue weighted by atomic mass is 16.5. The Morgan fingerprint density at radius 1 is 1.35 bits per heavy atom. The highest BCUT2D eigenvalue weighted by Crippen LogP contribution is 2.33. The molecule has 6 heteroatoms. The van der Waals surface area contributed by atoms with Gasteiger partial charge in [-0.1, -0.05) is 0 Å². The summed E-state index contributed by atoms with van der Waals surface area (Å²) in [6.45, 7) is 2.78. The first-order chi connectivity index (χ1) is 9.57. The molecule has 2 aromatic heterocycles. The Balaban J connectivity index is 2.02. The average molecular weight is 273 g/mol. The van der Waals surface area contributed by atoms with Crippen molar-refractivity contribution in [2.24, 2.45) is 7.05 Å². The van der Waals surface area contributed by atoms with E-state index < -0.39 is 5.60 Å². The Morgan fingerprint density at radius 3 is 2.85 bits per heavy atom. The van der Waals surface area contributed by atoms with Crippen molar-refractivity contribution in [3.8, 4) is 11.3 Å². The van der Waals surface area contributed by atoms with Crippen LogP contribution < -0.4 is 5.73 Å². The van der Waals surface area contributed by atoms with Crippen LogP contribution in [0.4, 0.5) is 5.82 Å². The van der Waals surface area contributed by atoms with Gasteiger partial charge in [0.05, 0.1) is 11.9 Å². The van der Waals surface area contributed by atoms with Crippen LogP contribution in [0.3, 0.4) is 0 Å². The molecule has 6 nitrogen and oxygen atoms in total. The molecule has 0 bridgehead atoms. The Hall–Kier alpha value is -1.95. The van der Waals surface area contributed by atoms with E-state index in [1.807, 2.05) is 20.2 Å². The summed E-state index contributed by atoms with van der Waals surface area (Å²) in [6, 6.07) is 1.77. The fourth-order valence-electron chi connectivity index (χ4n) is 2.51. The maximum Gasteiger partial charge on any atom is 0.162 e. The van der Waals surface area contributed by atoms with Crippen LogP contribution in [0.15, 0.2) is 18.5 Å². The van der Waals surface area contributed by atoms with E-state index in [0.717, 1.165) is 37.1 Å². The van der Waals surface area contributed by atoms with Crippen LogP contribution in [0.25, 0.3) is 11.3 Å². The molecule has 0 aliphatic carbocycles. The number of aryl methyl sites for hydroxylation is 1. The summed E-state index contributed by atoms with van der Waals surface area (Å²) in [6.07, 6.45) is 6.82. The third-order valence-corrected chi connectivity index (χ3v) is 3.69. The smallest absolute Gasteiger partial charge is 0.162 e. The second-order valence-electron chi connectivity index (χ2n) is 5.44. The fourth-order valence-corrected chi connectivity index (χ4v) is 2.51. The van der Waals surface area contributed by atoms with Gasteiger partial charge in [-0.05, 0) is 26.2 Å². The molecule has 0 spiro atoms. The van der Waals surface area contributed by atoms with Gasteiger partial charge in [0.15, 0.2) is 5.82 Å². The Labute approximate surface area is 118 Å². The van der Waals surface area contributed by atoms with Gasteiger partial charge in [-0.15, -0.1) is 0 Å². The molecule has 20 heavy (non-hydrogen) atoms. The molecule has 1 unspecified atom stereocenters. The quantitative estimate of drug-likeness (QED) is 0.903. The van der Waals surface area contributed by atoms with Crippen LogP contribution >= 0.6 is 0 Å². The molecule has 1 atom stereocenters.